The first kappa shape index (κ1) is 13.3. The normalized spacial score (nSPS) is 10.0. The molecule has 0 unspecified atom stereocenters. The van der Waals surface area contributed by atoms with Crippen molar-refractivity contribution in [3.63, 3.8) is 0 Å². The third kappa shape index (κ3) is 3.65. The van der Waals surface area contributed by atoms with Gasteiger partial charge in [-0.1, -0.05) is 18.2 Å². The Balaban J connectivity index is 1.88. The molecule has 2 aromatic carbocycles. The zero-order valence-corrected chi connectivity index (χ0v) is 11.3. The minimum Gasteiger partial charge on any atom is -0.497 e. The Kier molecular flexibility index (Phi) is 4.67. The second kappa shape index (κ2) is 6.69. The molecule has 0 fully saturated rings. The Morgan fingerprint density at radius 3 is 2.16 bits per heavy atom. The molecule has 0 radical (unpaired) electrons. The molecule has 0 spiro atoms. The van der Waals surface area contributed by atoms with Crippen molar-refractivity contribution in [3.05, 3.63) is 54.1 Å². The fourth-order valence-electron chi connectivity index (χ4n) is 1.86. The second-order valence-electron chi connectivity index (χ2n) is 4.09. The highest BCUT2D eigenvalue weighted by Gasteiger charge is 2.02. The van der Waals surface area contributed by atoms with Crippen molar-refractivity contribution >= 4 is 0 Å². The van der Waals surface area contributed by atoms with Crippen LogP contribution in [0.4, 0.5) is 0 Å². The number of benzene rings is 2. The van der Waals surface area contributed by atoms with Gasteiger partial charge in [-0.05, 0) is 35.9 Å². The van der Waals surface area contributed by atoms with Gasteiger partial charge in [-0.25, -0.2) is 0 Å². The third-order valence-electron chi connectivity index (χ3n) is 2.89. The summed E-state index contributed by atoms with van der Waals surface area (Å²) in [5.74, 6) is 2.58. The van der Waals surface area contributed by atoms with Gasteiger partial charge in [0.05, 0.1) is 20.8 Å². The van der Waals surface area contributed by atoms with E-state index in [0.29, 0.717) is 6.61 Å². The molecular weight excluding hydrogens is 240 g/mol. The molecule has 0 amide bonds. The monoisotopic (exact) mass is 258 g/mol. The zero-order chi connectivity index (χ0) is 13.5. The summed E-state index contributed by atoms with van der Waals surface area (Å²) in [5, 5.41) is 0. The lowest BCUT2D eigenvalue weighted by atomic mass is 10.1. The summed E-state index contributed by atoms with van der Waals surface area (Å²) in [5.41, 5.74) is 1.15. The summed E-state index contributed by atoms with van der Waals surface area (Å²) in [6, 6.07) is 15.6. The number of methoxy groups -OCH3 is 2. The van der Waals surface area contributed by atoms with Crippen molar-refractivity contribution in [3.8, 4) is 17.2 Å². The molecule has 0 bridgehead atoms. The maximum Gasteiger partial charge on any atom is 0.122 e. The number of ether oxygens (including phenoxy) is 3. The summed E-state index contributed by atoms with van der Waals surface area (Å²) in [6.07, 6.45) is 0.816. The molecular formula is C16H18O3. The van der Waals surface area contributed by atoms with Gasteiger partial charge in [0.15, 0.2) is 0 Å². The minimum atomic E-state index is 0.618. The average Bonchev–Trinajstić information content (AvgIpc) is 2.48. The van der Waals surface area contributed by atoms with E-state index >= 15 is 0 Å². The smallest absolute Gasteiger partial charge is 0.122 e. The molecule has 19 heavy (non-hydrogen) atoms. The van der Waals surface area contributed by atoms with Crippen LogP contribution in [0.5, 0.6) is 17.2 Å². The first-order chi connectivity index (χ1) is 9.33. The van der Waals surface area contributed by atoms with E-state index < -0.39 is 0 Å². The van der Waals surface area contributed by atoms with Crippen molar-refractivity contribution in [2.75, 3.05) is 20.8 Å². The zero-order valence-electron chi connectivity index (χ0n) is 11.3. The number of para-hydroxylation sites is 1. The van der Waals surface area contributed by atoms with E-state index in [0.717, 1.165) is 29.2 Å². The first-order valence-electron chi connectivity index (χ1n) is 6.22. The van der Waals surface area contributed by atoms with Crippen LogP contribution < -0.4 is 14.2 Å². The molecule has 0 saturated heterocycles. The highest BCUT2D eigenvalue weighted by molar-refractivity contribution is 5.34. The fraction of sp³-hybridized carbons (Fsp3) is 0.250. The van der Waals surface area contributed by atoms with Gasteiger partial charge in [-0.15, -0.1) is 0 Å². The molecule has 0 atom stereocenters. The Hall–Kier alpha value is -2.16. The van der Waals surface area contributed by atoms with Crippen molar-refractivity contribution in [2.24, 2.45) is 0 Å². The van der Waals surface area contributed by atoms with Gasteiger partial charge in [0.2, 0.25) is 0 Å². The summed E-state index contributed by atoms with van der Waals surface area (Å²) in [6.45, 7) is 0.618. The Bertz CT molecular complexity index is 506. The van der Waals surface area contributed by atoms with Gasteiger partial charge in [0.25, 0.3) is 0 Å². The van der Waals surface area contributed by atoms with Crippen molar-refractivity contribution in [2.45, 2.75) is 6.42 Å². The fourth-order valence-corrected chi connectivity index (χ4v) is 1.86. The van der Waals surface area contributed by atoms with E-state index in [1.165, 1.54) is 0 Å². The number of rotatable bonds is 6. The van der Waals surface area contributed by atoms with Gasteiger partial charge < -0.3 is 14.2 Å². The first-order valence-corrected chi connectivity index (χ1v) is 6.22. The van der Waals surface area contributed by atoms with E-state index in [2.05, 4.69) is 6.07 Å². The van der Waals surface area contributed by atoms with Crippen LogP contribution in [0.25, 0.3) is 0 Å². The predicted molar refractivity (Wildman–Crippen MR) is 75.2 cm³/mol. The lowest BCUT2D eigenvalue weighted by molar-refractivity contribution is 0.317. The standard InChI is InChI=1S/C16H18O3/c1-17-14-7-9-15(10-8-14)19-12-11-13-5-3-4-6-16(13)18-2/h3-10H,11-12H2,1-2H3. The molecule has 100 valence electrons. The van der Waals surface area contributed by atoms with E-state index in [-0.39, 0.29) is 0 Å². The maximum absolute atomic E-state index is 5.70. The molecule has 3 heteroatoms. The van der Waals surface area contributed by atoms with Crippen molar-refractivity contribution in [1.82, 2.24) is 0 Å². The molecule has 0 heterocycles. The van der Waals surface area contributed by atoms with Crippen molar-refractivity contribution in [1.29, 1.82) is 0 Å². The topological polar surface area (TPSA) is 27.7 Å². The SMILES string of the molecule is COc1ccc(OCCc2ccccc2OC)cc1. The molecule has 0 aromatic heterocycles. The average molecular weight is 258 g/mol. The van der Waals surface area contributed by atoms with Gasteiger partial charge in [-0.3, -0.25) is 0 Å². The van der Waals surface area contributed by atoms with Crippen LogP contribution in [0.15, 0.2) is 48.5 Å². The van der Waals surface area contributed by atoms with Crippen LogP contribution in [0.3, 0.4) is 0 Å². The van der Waals surface area contributed by atoms with Crippen LogP contribution >= 0.6 is 0 Å². The Labute approximate surface area is 113 Å². The van der Waals surface area contributed by atoms with E-state index in [1.807, 2.05) is 42.5 Å². The van der Waals surface area contributed by atoms with Crippen LogP contribution in [0, 0.1) is 0 Å². The van der Waals surface area contributed by atoms with Gasteiger partial charge in [0.1, 0.15) is 17.2 Å². The second-order valence-corrected chi connectivity index (χ2v) is 4.09. The van der Waals surface area contributed by atoms with Crippen LogP contribution in [0.1, 0.15) is 5.56 Å². The predicted octanol–water partition coefficient (Wildman–Crippen LogP) is 3.33. The van der Waals surface area contributed by atoms with Crippen LogP contribution in [-0.2, 0) is 6.42 Å². The Morgan fingerprint density at radius 1 is 0.789 bits per heavy atom. The molecule has 0 aliphatic carbocycles. The molecule has 0 N–H and O–H groups in total. The van der Waals surface area contributed by atoms with E-state index in [1.54, 1.807) is 14.2 Å². The van der Waals surface area contributed by atoms with Crippen molar-refractivity contribution < 1.29 is 14.2 Å². The Morgan fingerprint density at radius 2 is 1.47 bits per heavy atom. The molecule has 3 nitrogen and oxygen atoms in total. The summed E-state index contributed by atoms with van der Waals surface area (Å²) in [4.78, 5) is 0. The number of hydrogen-bond acceptors (Lipinski definition) is 3. The third-order valence-corrected chi connectivity index (χ3v) is 2.89. The van der Waals surface area contributed by atoms with Gasteiger partial charge in [0, 0.05) is 6.42 Å². The minimum absolute atomic E-state index is 0.618. The van der Waals surface area contributed by atoms with Crippen LogP contribution in [0.2, 0.25) is 0 Å². The molecule has 2 aromatic rings. The van der Waals surface area contributed by atoms with Crippen LogP contribution in [-0.4, -0.2) is 20.8 Å². The van der Waals surface area contributed by atoms with Gasteiger partial charge in [-0.2, -0.15) is 0 Å². The summed E-state index contributed by atoms with van der Waals surface area (Å²) >= 11 is 0. The highest BCUT2D eigenvalue weighted by Crippen LogP contribution is 2.20. The van der Waals surface area contributed by atoms with Gasteiger partial charge >= 0.3 is 0 Å². The van der Waals surface area contributed by atoms with E-state index in [9.17, 15) is 0 Å². The molecule has 0 aliphatic heterocycles. The number of hydrogen-bond donors (Lipinski definition) is 0. The lowest BCUT2D eigenvalue weighted by Gasteiger charge is -2.09. The lowest BCUT2D eigenvalue weighted by Crippen LogP contribution is -2.02. The largest absolute Gasteiger partial charge is 0.497 e. The summed E-state index contributed by atoms with van der Waals surface area (Å²) in [7, 11) is 3.33. The molecule has 0 saturated carbocycles. The quantitative estimate of drug-likeness (QED) is 0.795. The summed E-state index contributed by atoms with van der Waals surface area (Å²) < 4.78 is 16.1. The highest BCUT2D eigenvalue weighted by atomic mass is 16.5. The molecule has 0 aliphatic rings. The molecule has 2 rings (SSSR count). The maximum atomic E-state index is 5.70. The van der Waals surface area contributed by atoms with E-state index in [4.69, 9.17) is 14.2 Å².